The van der Waals surface area contributed by atoms with E-state index in [0.717, 1.165) is 12.8 Å². The van der Waals surface area contributed by atoms with E-state index in [1.165, 1.54) is 4.57 Å². The summed E-state index contributed by atoms with van der Waals surface area (Å²) < 4.78 is 1.41. The summed E-state index contributed by atoms with van der Waals surface area (Å²) in [4.78, 5) is 44.8. The van der Waals surface area contributed by atoms with Gasteiger partial charge in [-0.15, -0.1) is 0 Å². The highest BCUT2D eigenvalue weighted by atomic mass is 16.3. The molecule has 1 aromatic carbocycles. The Bertz CT molecular complexity index is 1200. The SMILES string of the molecule is CCCn1c(=O)[nH]c(=O)c2c(C(=O)NCC(O)c3ccccc3)cc(C3CC3)nc21. The van der Waals surface area contributed by atoms with Crippen molar-refractivity contribution >= 4 is 16.9 Å². The zero-order chi connectivity index (χ0) is 21.3. The molecule has 1 fully saturated rings. The van der Waals surface area contributed by atoms with Crippen LogP contribution in [0.1, 0.15) is 59.8 Å². The summed E-state index contributed by atoms with van der Waals surface area (Å²) in [5.74, 6) is -0.244. The van der Waals surface area contributed by atoms with Gasteiger partial charge in [-0.25, -0.2) is 9.78 Å². The Balaban J connectivity index is 1.73. The summed E-state index contributed by atoms with van der Waals surface area (Å²) in [7, 11) is 0. The Morgan fingerprint density at radius 1 is 1.30 bits per heavy atom. The lowest BCUT2D eigenvalue weighted by Gasteiger charge is -2.15. The maximum atomic E-state index is 13.0. The Hall–Kier alpha value is -3.26. The first-order valence-electron chi connectivity index (χ1n) is 10.2. The van der Waals surface area contributed by atoms with Crippen LogP contribution in [0.3, 0.4) is 0 Å². The molecule has 8 heteroatoms. The number of aliphatic hydroxyl groups excluding tert-OH is 1. The number of amides is 1. The van der Waals surface area contributed by atoms with Gasteiger partial charge in [-0.3, -0.25) is 19.1 Å². The Labute approximate surface area is 172 Å². The summed E-state index contributed by atoms with van der Waals surface area (Å²) in [6.45, 7) is 2.31. The van der Waals surface area contributed by atoms with E-state index in [9.17, 15) is 19.5 Å². The molecule has 30 heavy (non-hydrogen) atoms. The number of pyridine rings is 1. The lowest BCUT2D eigenvalue weighted by molar-refractivity contribution is 0.0917. The molecule has 0 bridgehead atoms. The molecule has 8 nitrogen and oxygen atoms in total. The minimum atomic E-state index is -0.872. The predicted octanol–water partition coefficient (Wildman–Crippen LogP) is 1.84. The number of hydrogen-bond acceptors (Lipinski definition) is 5. The number of aromatic amines is 1. The predicted molar refractivity (Wildman–Crippen MR) is 113 cm³/mol. The molecule has 0 spiro atoms. The maximum Gasteiger partial charge on any atom is 0.329 e. The van der Waals surface area contributed by atoms with E-state index in [1.807, 2.05) is 25.1 Å². The van der Waals surface area contributed by atoms with Crippen LogP contribution in [0.5, 0.6) is 0 Å². The molecule has 1 saturated carbocycles. The molecule has 1 atom stereocenters. The topological polar surface area (TPSA) is 117 Å². The molecule has 1 amide bonds. The summed E-state index contributed by atoms with van der Waals surface area (Å²) >= 11 is 0. The van der Waals surface area contributed by atoms with Gasteiger partial charge in [0.15, 0.2) is 5.65 Å². The molecule has 3 N–H and O–H groups in total. The molecule has 0 aliphatic heterocycles. The molecule has 2 heterocycles. The van der Waals surface area contributed by atoms with E-state index in [4.69, 9.17) is 0 Å². The fourth-order valence-corrected chi connectivity index (χ4v) is 3.57. The van der Waals surface area contributed by atoms with Gasteiger partial charge in [0.25, 0.3) is 11.5 Å². The lowest BCUT2D eigenvalue weighted by atomic mass is 10.1. The number of hydrogen-bond donors (Lipinski definition) is 3. The van der Waals surface area contributed by atoms with Crippen LogP contribution in [-0.4, -0.2) is 32.1 Å². The molecule has 1 aliphatic rings. The third kappa shape index (κ3) is 3.91. The molecule has 0 saturated heterocycles. The minimum Gasteiger partial charge on any atom is -0.387 e. The average molecular weight is 408 g/mol. The Morgan fingerprint density at radius 3 is 2.70 bits per heavy atom. The summed E-state index contributed by atoms with van der Waals surface area (Å²) in [6.07, 6.45) is 1.74. The van der Waals surface area contributed by atoms with E-state index in [2.05, 4.69) is 15.3 Å². The highest BCUT2D eigenvalue weighted by Gasteiger charge is 2.28. The van der Waals surface area contributed by atoms with Crippen LogP contribution >= 0.6 is 0 Å². The third-order valence-electron chi connectivity index (χ3n) is 5.30. The molecule has 4 rings (SSSR count). The molecule has 3 aromatic rings. The van der Waals surface area contributed by atoms with E-state index in [0.29, 0.717) is 24.2 Å². The molecule has 2 aromatic heterocycles. The average Bonchev–Trinajstić information content (AvgIpc) is 3.60. The zero-order valence-corrected chi connectivity index (χ0v) is 16.7. The van der Waals surface area contributed by atoms with E-state index in [1.54, 1.807) is 18.2 Å². The second kappa shape index (κ2) is 8.23. The minimum absolute atomic E-state index is 0.00205. The highest BCUT2D eigenvalue weighted by molar-refractivity contribution is 6.05. The van der Waals surface area contributed by atoms with Gasteiger partial charge in [0.05, 0.1) is 17.1 Å². The number of fused-ring (bicyclic) bond motifs is 1. The second-order valence-electron chi connectivity index (χ2n) is 7.61. The standard InChI is InChI=1S/C22H24N4O4/c1-2-10-26-19-18(21(29)25-22(26)30)15(11-16(24-19)13-8-9-13)20(28)23-12-17(27)14-6-4-3-5-7-14/h3-7,11,13,17,27H,2,8-10,12H2,1H3,(H,23,28)(H,25,29,30). The van der Waals surface area contributed by atoms with Crippen molar-refractivity contribution < 1.29 is 9.90 Å². The molecule has 1 aliphatic carbocycles. The first kappa shape index (κ1) is 20.0. The number of benzene rings is 1. The number of aromatic nitrogens is 3. The number of aliphatic hydroxyl groups is 1. The lowest BCUT2D eigenvalue weighted by Crippen LogP contribution is -2.34. The maximum absolute atomic E-state index is 13.0. The normalized spacial score (nSPS) is 14.6. The molecular weight excluding hydrogens is 384 g/mol. The second-order valence-corrected chi connectivity index (χ2v) is 7.61. The number of nitrogens with one attached hydrogen (secondary N) is 2. The molecule has 0 radical (unpaired) electrons. The van der Waals surface area contributed by atoms with Crippen LogP contribution < -0.4 is 16.6 Å². The van der Waals surface area contributed by atoms with Crippen molar-refractivity contribution in [3.8, 4) is 0 Å². The Kier molecular flexibility index (Phi) is 5.50. The van der Waals surface area contributed by atoms with Crippen molar-refractivity contribution in [2.75, 3.05) is 6.54 Å². The van der Waals surface area contributed by atoms with Crippen LogP contribution in [0.15, 0.2) is 46.0 Å². The first-order chi connectivity index (χ1) is 14.5. The van der Waals surface area contributed by atoms with Gasteiger partial charge in [0.1, 0.15) is 0 Å². The van der Waals surface area contributed by atoms with Crippen molar-refractivity contribution in [1.29, 1.82) is 0 Å². The van der Waals surface area contributed by atoms with Crippen molar-refractivity contribution in [3.05, 3.63) is 74.1 Å². The van der Waals surface area contributed by atoms with E-state index >= 15 is 0 Å². The van der Waals surface area contributed by atoms with Gasteiger partial charge in [-0.1, -0.05) is 37.3 Å². The highest BCUT2D eigenvalue weighted by Crippen LogP contribution is 2.39. The van der Waals surface area contributed by atoms with E-state index < -0.39 is 23.3 Å². The van der Waals surface area contributed by atoms with Crippen molar-refractivity contribution in [2.24, 2.45) is 0 Å². The van der Waals surface area contributed by atoms with E-state index in [-0.39, 0.29) is 29.1 Å². The number of aryl methyl sites for hydroxylation is 1. The van der Waals surface area contributed by atoms with Crippen LogP contribution in [0.2, 0.25) is 0 Å². The number of H-pyrrole nitrogens is 1. The van der Waals surface area contributed by atoms with Crippen LogP contribution in [0.25, 0.3) is 11.0 Å². The number of carbonyl (C=O) groups is 1. The van der Waals surface area contributed by atoms with Gasteiger partial charge in [0, 0.05) is 24.7 Å². The number of rotatable bonds is 7. The number of carbonyl (C=O) groups excluding carboxylic acids is 1. The molecular formula is C22H24N4O4. The molecule has 1 unspecified atom stereocenters. The largest absolute Gasteiger partial charge is 0.387 e. The summed E-state index contributed by atoms with van der Waals surface area (Å²) in [5, 5.41) is 13.2. The number of nitrogens with zero attached hydrogens (tertiary/aromatic N) is 2. The van der Waals surface area contributed by atoms with Crippen LogP contribution in [0.4, 0.5) is 0 Å². The van der Waals surface area contributed by atoms with Crippen molar-refractivity contribution in [1.82, 2.24) is 19.9 Å². The Morgan fingerprint density at radius 2 is 2.03 bits per heavy atom. The molecule has 156 valence electrons. The van der Waals surface area contributed by atoms with Gasteiger partial charge < -0.3 is 10.4 Å². The first-order valence-corrected chi connectivity index (χ1v) is 10.2. The van der Waals surface area contributed by atoms with Gasteiger partial charge in [-0.2, -0.15) is 0 Å². The van der Waals surface area contributed by atoms with Gasteiger partial charge in [0.2, 0.25) is 0 Å². The summed E-state index contributed by atoms with van der Waals surface area (Å²) in [5.41, 5.74) is 0.653. The fraction of sp³-hybridized carbons (Fsp3) is 0.364. The van der Waals surface area contributed by atoms with Crippen molar-refractivity contribution in [2.45, 2.75) is 44.8 Å². The van der Waals surface area contributed by atoms with Crippen LogP contribution in [0, 0.1) is 0 Å². The van der Waals surface area contributed by atoms with Crippen molar-refractivity contribution in [3.63, 3.8) is 0 Å². The van der Waals surface area contributed by atoms with Gasteiger partial charge in [-0.05, 0) is 30.9 Å². The fourth-order valence-electron chi connectivity index (χ4n) is 3.57. The third-order valence-corrected chi connectivity index (χ3v) is 5.30. The zero-order valence-electron chi connectivity index (χ0n) is 16.7. The van der Waals surface area contributed by atoms with Gasteiger partial charge >= 0.3 is 5.69 Å². The monoisotopic (exact) mass is 408 g/mol. The smallest absolute Gasteiger partial charge is 0.329 e. The quantitative estimate of drug-likeness (QED) is 0.551. The summed E-state index contributed by atoms with van der Waals surface area (Å²) in [6, 6.07) is 10.7. The van der Waals surface area contributed by atoms with Crippen LogP contribution in [-0.2, 0) is 6.54 Å².